The highest BCUT2D eigenvalue weighted by Gasteiger charge is 2.26. The molecule has 136 valence electrons. The topological polar surface area (TPSA) is 55.6 Å². The molecule has 4 nitrogen and oxygen atoms in total. The molecular weight excluding hydrogens is 332 g/mol. The molecular formula is C20H28N2O2S. The summed E-state index contributed by atoms with van der Waals surface area (Å²) in [6.07, 6.45) is 1.86. The van der Waals surface area contributed by atoms with Crippen LogP contribution in [0.2, 0.25) is 0 Å². The van der Waals surface area contributed by atoms with Gasteiger partial charge in [-0.3, -0.25) is 4.79 Å². The van der Waals surface area contributed by atoms with E-state index < -0.39 is 0 Å². The number of benzene rings is 1. The Morgan fingerprint density at radius 2 is 1.80 bits per heavy atom. The molecule has 0 saturated heterocycles. The number of hydrogen-bond acceptors (Lipinski definition) is 4. The van der Waals surface area contributed by atoms with Crippen molar-refractivity contribution in [2.75, 3.05) is 25.4 Å². The third-order valence-electron chi connectivity index (χ3n) is 4.06. The van der Waals surface area contributed by atoms with Crippen LogP contribution < -0.4 is 10.5 Å². The van der Waals surface area contributed by atoms with E-state index in [9.17, 15) is 4.79 Å². The molecule has 0 spiro atoms. The normalized spacial score (nSPS) is 10.7. The smallest absolute Gasteiger partial charge is 0.257 e. The van der Waals surface area contributed by atoms with Crippen molar-refractivity contribution >= 4 is 22.2 Å². The van der Waals surface area contributed by atoms with Gasteiger partial charge in [0, 0.05) is 29.1 Å². The minimum absolute atomic E-state index is 0.0202. The molecule has 1 aromatic heterocycles. The molecule has 1 heterocycles. The van der Waals surface area contributed by atoms with Crippen LogP contribution in [0.25, 0.3) is 11.1 Å². The lowest BCUT2D eigenvalue weighted by Gasteiger charge is -2.22. The summed E-state index contributed by atoms with van der Waals surface area (Å²) in [7, 11) is 0. The Morgan fingerprint density at radius 1 is 1.16 bits per heavy atom. The Kier molecular flexibility index (Phi) is 6.88. The van der Waals surface area contributed by atoms with Crippen molar-refractivity contribution in [3.05, 3.63) is 34.7 Å². The van der Waals surface area contributed by atoms with Crippen LogP contribution >= 0.6 is 11.3 Å². The molecule has 0 aliphatic rings. The quantitative estimate of drug-likeness (QED) is 0.723. The number of aryl methyl sites for hydroxylation is 1. The van der Waals surface area contributed by atoms with E-state index in [2.05, 4.69) is 13.8 Å². The number of para-hydroxylation sites is 1. The maximum absolute atomic E-state index is 13.2. The Hall–Kier alpha value is -2.01. The Balaban J connectivity index is 2.57. The second kappa shape index (κ2) is 8.90. The molecule has 0 bridgehead atoms. The van der Waals surface area contributed by atoms with Crippen molar-refractivity contribution in [1.82, 2.24) is 4.90 Å². The van der Waals surface area contributed by atoms with Gasteiger partial charge >= 0.3 is 0 Å². The van der Waals surface area contributed by atoms with Crippen molar-refractivity contribution in [3.63, 3.8) is 0 Å². The van der Waals surface area contributed by atoms with E-state index in [1.165, 1.54) is 11.3 Å². The number of rotatable bonds is 8. The number of thiophene rings is 1. The van der Waals surface area contributed by atoms with Crippen LogP contribution in [0.3, 0.4) is 0 Å². The van der Waals surface area contributed by atoms with E-state index >= 15 is 0 Å². The van der Waals surface area contributed by atoms with Gasteiger partial charge in [0.05, 0.1) is 17.2 Å². The first-order valence-electron chi connectivity index (χ1n) is 8.95. The molecule has 0 aliphatic carbocycles. The van der Waals surface area contributed by atoms with Crippen molar-refractivity contribution < 1.29 is 9.53 Å². The lowest BCUT2D eigenvalue weighted by atomic mass is 9.99. The number of ether oxygens (including phenoxy) is 1. The summed E-state index contributed by atoms with van der Waals surface area (Å²) in [6, 6.07) is 7.85. The Bertz CT molecular complexity index is 718. The number of nitrogens with zero attached hydrogens (tertiary/aromatic N) is 1. The number of carbonyl (C=O) groups is 1. The van der Waals surface area contributed by atoms with Gasteiger partial charge in [0.1, 0.15) is 5.75 Å². The monoisotopic (exact) mass is 360 g/mol. The van der Waals surface area contributed by atoms with Crippen molar-refractivity contribution in [1.29, 1.82) is 0 Å². The fraction of sp³-hybridized carbons (Fsp3) is 0.450. The zero-order chi connectivity index (χ0) is 18.4. The highest BCUT2D eigenvalue weighted by atomic mass is 32.1. The molecule has 2 aromatic rings. The summed E-state index contributed by atoms with van der Waals surface area (Å²) in [4.78, 5) is 16.2. The molecule has 0 unspecified atom stereocenters. The summed E-state index contributed by atoms with van der Waals surface area (Å²) < 4.78 is 5.78. The maximum Gasteiger partial charge on any atom is 0.257 e. The van der Waals surface area contributed by atoms with Crippen LogP contribution in [0.4, 0.5) is 5.00 Å². The second-order valence-electron chi connectivity index (χ2n) is 5.99. The van der Waals surface area contributed by atoms with Gasteiger partial charge in [0.2, 0.25) is 0 Å². The van der Waals surface area contributed by atoms with Gasteiger partial charge < -0.3 is 15.4 Å². The van der Waals surface area contributed by atoms with Crippen molar-refractivity contribution in [3.8, 4) is 16.9 Å². The Morgan fingerprint density at radius 3 is 2.40 bits per heavy atom. The third-order valence-corrected chi connectivity index (χ3v) is 4.99. The van der Waals surface area contributed by atoms with Gasteiger partial charge in [0.25, 0.3) is 5.91 Å². The predicted octanol–water partition coefficient (Wildman–Crippen LogP) is 4.97. The Labute approximate surface area is 154 Å². The van der Waals surface area contributed by atoms with Gasteiger partial charge in [-0.2, -0.15) is 0 Å². The van der Waals surface area contributed by atoms with E-state index in [1.807, 2.05) is 43.0 Å². The van der Waals surface area contributed by atoms with E-state index in [4.69, 9.17) is 10.5 Å². The largest absolute Gasteiger partial charge is 0.493 e. The number of amides is 1. The fourth-order valence-corrected chi connectivity index (χ4v) is 4.01. The molecule has 25 heavy (non-hydrogen) atoms. The summed E-state index contributed by atoms with van der Waals surface area (Å²) in [5, 5.41) is 0.584. The molecule has 0 radical (unpaired) electrons. The lowest BCUT2D eigenvalue weighted by Crippen LogP contribution is -2.33. The van der Waals surface area contributed by atoms with Gasteiger partial charge in [-0.25, -0.2) is 0 Å². The van der Waals surface area contributed by atoms with Gasteiger partial charge in [0.15, 0.2) is 0 Å². The minimum atomic E-state index is 0.0202. The summed E-state index contributed by atoms with van der Waals surface area (Å²) in [5.41, 5.74) is 8.73. The molecule has 0 fully saturated rings. The molecule has 0 aliphatic heterocycles. The summed E-state index contributed by atoms with van der Waals surface area (Å²) in [5.74, 6) is 0.810. The number of nitrogen functional groups attached to an aromatic ring is 1. The maximum atomic E-state index is 13.2. The van der Waals surface area contributed by atoms with Crippen LogP contribution in [0, 0.1) is 6.92 Å². The zero-order valence-electron chi connectivity index (χ0n) is 15.6. The molecule has 2 rings (SSSR count). The average molecular weight is 361 g/mol. The molecule has 0 saturated carbocycles. The van der Waals surface area contributed by atoms with Gasteiger partial charge in [-0.1, -0.05) is 32.0 Å². The molecule has 1 amide bonds. The van der Waals surface area contributed by atoms with Crippen LogP contribution in [0.15, 0.2) is 24.3 Å². The third kappa shape index (κ3) is 4.15. The first-order chi connectivity index (χ1) is 12.0. The standard InChI is InChI=1S/C20H28N2O2S/c1-5-12-22(13-6-2)20(23)18-17(14(4)25-19(18)21)15-10-8-9-11-16(15)24-7-3/h8-11H,5-7,12-13,21H2,1-4H3. The van der Waals surface area contributed by atoms with Crippen molar-refractivity contribution in [2.24, 2.45) is 0 Å². The van der Waals surface area contributed by atoms with Crippen LogP contribution in [0.1, 0.15) is 48.8 Å². The van der Waals surface area contributed by atoms with Gasteiger partial charge in [-0.15, -0.1) is 11.3 Å². The molecule has 5 heteroatoms. The highest BCUT2D eigenvalue weighted by Crippen LogP contribution is 2.42. The SMILES string of the molecule is CCCN(CCC)C(=O)c1c(N)sc(C)c1-c1ccccc1OCC. The molecule has 2 N–H and O–H groups in total. The van der Waals surface area contributed by atoms with Crippen molar-refractivity contribution in [2.45, 2.75) is 40.5 Å². The summed E-state index contributed by atoms with van der Waals surface area (Å²) >= 11 is 1.47. The van der Waals surface area contributed by atoms with E-state index in [1.54, 1.807) is 0 Å². The number of hydrogen-bond donors (Lipinski definition) is 1. The number of carbonyl (C=O) groups excluding carboxylic acids is 1. The van der Waals surface area contributed by atoms with Gasteiger partial charge in [-0.05, 0) is 32.8 Å². The molecule has 1 aromatic carbocycles. The minimum Gasteiger partial charge on any atom is -0.493 e. The highest BCUT2D eigenvalue weighted by molar-refractivity contribution is 7.16. The molecule has 0 atom stereocenters. The van der Waals surface area contributed by atoms with Crippen LogP contribution in [-0.2, 0) is 0 Å². The fourth-order valence-electron chi connectivity index (χ4n) is 3.07. The predicted molar refractivity (Wildman–Crippen MR) is 107 cm³/mol. The van der Waals surface area contributed by atoms with E-state index in [-0.39, 0.29) is 5.91 Å². The van der Waals surface area contributed by atoms with E-state index in [0.717, 1.165) is 47.7 Å². The number of anilines is 1. The lowest BCUT2D eigenvalue weighted by molar-refractivity contribution is 0.0758. The van der Waals surface area contributed by atoms with E-state index in [0.29, 0.717) is 17.2 Å². The average Bonchev–Trinajstić information content (AvgIpc) is 2.89. The second-order valence-corrected chi connectivity index (χ2v) is 7.25. The summed E-state index contributed by atoms with van der Waals surface area (Å²) in [6.45, 7) is 10.2. The first kappa shape index (κ1) is 19.3. The number of nitrogens with two attached hydrogens (primary N) is 1. The van der Waals surface area contributed by atoms with Crippen LogP contribution in [0.5, 0.6) is 5.75 Å². The van der Waals surface area contributed by atoms with Crippen LogP contribution in [-0.4, -0.2) is 30.5 Å². The first-order valence-corrected chi connectivity index (χ1v) is 9.77. The zero-order valence-corrected chi connectivity index (χ0v) is 16.4.